The van der Waals surface area contributed by atoms with E-state index in [4.69, 9.17) is 0 Å². The Hall–Kier alpha value is -1.94. The van der Waals surface area contributed by atoms with Gasteiger partial charge in [0.1, 0.15) is 5.69 Å². The maximum absolute atomic E-state index is 12.5. The molecular weight excluding hydrogens is 268 g/mol. The molecule has 0 unspecified atom stereocenters. The predicted octanol–water partition coefficient (Wildman–Crippen LogP) is 3.54. The third-order valence-corrected chi connectivity index (χ3v) is 4.63. The topological polar surface area (TPSA) is 34.9 Å². The van der Waals surface area contributed by atoms with Gasteiger partial charge in [-0.25, -0.2) is 4.68 Å². The molecule has 20 heavy (non-hydrogen) atoms. The van der Waals surface area contributed by atoms with Crippen LogP contribution in [0.5, 0.6) is 0 Å². The Labute approximate surface area is 120 Å². The summed E-state index contributed by atoms with van der Waals surface area (Å²) >= 11 is 1.66. The monoisotopic (exact) mass is 282 g/mol. The van der Waals surface area contributed by atoms with Crippen LogP contribution < -0.4 is 5.56 Å². The molecule has 4 rings (SSSR count). The molecular formula is C16H14N2OS. The van der Waals surface area contributed by atoms with E-state index in [1.54, 1.807) is 16.0 Å². The van der Waals surface area contributed by atoms with Gasteiger partial charge in [0.05, 0.1) is 10.3 Å². The molecule has 1 saturated carbocycles. The lowest BCUT2D eigenvalue weighted by Crippen LogP contribution is -2.24. The Morgan fingerprint density at radius 2 is 1.95 bits per heavy atom. The van der Waals surface area contributed by atoms with Crippen molar-refractivity contribution >= 4 is 22.1 Å². The first kappa shape index (κ1) is 11.9. The molecule has 0 radical (unpaired) electrons. The van der Waals surface area contributed by atoms with E-state index in [9.17, 15) is 4.79 Å². The van der Waals surface area contributed by atoms with Crippen LogP contribution >= 0.6 is 11.3 Å². The van der Waals surface area contributed by atoms with Gasteiger partial charge in [-0.1, -0.05) is 24.3 Å². The van der Waals surface area contributed by atoms with Crippen molar-refractivity contribution in [1.82, 2.24) is 9.78 Å². The van der Waals surface area contributed by atoms with Crippen LogP contribution in [-0.4, -0.2) is 9.78 Å². The third kappa shape index (κ3) is 1.96. The van der Waals surface area contributed by atoms with Crippen molar-refractivity contribution in [2.75, 3.05) is 0 Å². The average Bonchev–Trinajstić information content (AvgIpc) is 3.13. The summed E-state index contributed by atoms with van der Waals surface area (Å²) in [6.07, 6.45) is 2.44. The van der Waals surface area contributed by atoms with Gasteiger partial charge < -0.3 is 0 Å². The van der Waals surface area contributed by atoms with Crippen LogP contribution in [0.15, 0.2) is 46.6 Å². The van der Waals surface area contributed by atoms with Crippen molar-refractivity contribution in [2.24, 2.45) is 5.92 Å². The maximum atomic E-state index is 12.5. The fourth-order valence-electron chi connectivity index (χ4n) is 2.50. The largest absolute Gasteiger partial charge is 0.274 e. The van der Waals surface area contributed by atoms with E-state index in [1.165, 1.54) is 12.8 Å². The SMILES string of the molecule is O=c1c2ccccc2c(-c2cccs2)nn1CC1CC1. The van der Waals surface area contributed by atoms with Gasteiger partial charge in [0.15, 0.2) is 0 Å². The van der Waals surface area contributed by atoms with Crippen molar-refractivity contribution in [3.8, 4) is 10.6 Å². The third-order valence-electron chi connectivity index (χ3n) is 3.75. The highest BCUT2D eigenvalue weighted by Crippen LogP contribution is 2.31. The highest BCUT2D eigenvalue weighted by Gasteiger charge is 2.23. The molecule has 0 spiro atoms. The van der Waals surface area contributed by atoms with Gasteiger partial charge in [-0.2, -0.15) is 5.10 Å². The summed E-state index contributed by atoms with van der Waals surface area (Å²) in [6, 6.07) is 11.9. The van der Waals surface area contributed by atoms with Crippen LogP contribution in [0.3, 0.4) is 0 Å². The van der Waals surface area contributed by atoms with Crippen molar-refractivity contribution < 1.29 is 0 Å². The molecule has 100 valence electrons. The Morgan fingerprint density at radius 3 is 2.65 bits per heavy atom. The number of thiophene rings is 1. The van der Waals surface area contributed by atoms with E-state index in [0.717, 1.165) is 27.9 Å². The number of fused-ring (bicyclic) bond motifs is 1. The predicted molar refractivity (Wildman–Crippen MR) is 82.0 cm³/mol. The average molecular weight is 282 g/mol. The minimum Gasteiger partial charge on any atom is -0.267 e. The number of hydrogen-bond acceptors (Lipinski definition) is 3. The normalized spacial score (nSPS) is 14.8. The summed E-state index contributed by atoms with van der Waals surface area (Å²) in [6.45, 7) is 0.752. The van der Waals surface area contributed by atoms with E-state index >= 15 is 0 Å². The van der Waals surface area contributed by atoms with Crippen molar-refractivity contribution in [3.05, 3.63) is 52.1 Å². The maximum Gasteiger partial charge on any atom is 0.274 e. The molecule has 4 heteroatoms. The van der Waals surface area contributed by atoms with Gasteiger partial charge in [0, 0.05) is 11.9 Å². The zero-order chi connectivity index (χ0) is 13.5. The molecule has 1 aliphatic rings. The van der Waals surface area contributed by atoms with Crippen molar-refractivity contribution in [2.45, 2.75) is 19.4 Å². The first-order valence-electron chi connectivity index (χ1n) is 6.86. The Morgan fingerprint density at radius 1 is 1.15 bits per heavy atom. The second-order valence-corrected chi connectivity index (χ2v) is 6.25. The lowest BCUT2D eigenvalue weighted by Gasteiger charge is -2.09. The Kier molecular flexibility index (Phi) is 2.70. The Balaban J connectivity index is 2.00. The molecule has 0 aliphatic heterocycles. The number of aromatic nitrogens is 2. The van der Waals surface area contributed by atoms with Gasteiger partial charge in [-0.05, 0) is 36.3 Å². The summed E-state index contributed by atoms with van der Waals surface area (Å²) in [5.41, 5.74) is 0.962. The quantitative estimate of drug-likeness (QED) is 0.736. The van der Waals surface area contributed by atoms with Gasteiger partial charge in [-0.3, -0.25) is 4.79 Å². The number of benzene rings is 1. The van der Waals surface area contributed by atoms with E-state index in [-0.39, 0.29) is 5.56 Å². The minimum atomic E-state index is 0.0350. The fourth-order valence-corrected chi connectivity index (χ4v) is 3.22. The molecule has 0 saturated heterocycles. The number of rotatable bonds is 3. The van der Waals surface area contributed by atoms with Crippen LogP contribution in [0.4, 0.5) is 0 Å². The second-order valence-electron chi connectivity index (χ2n) is 5.30. The molecule has 1 aromatic carbocycles. The molecule has 0 atom stereocenters. The number of nitrogens with zero attached hydrogens (tertiary/aromatic N) is 2. The van der Waals surface area contributed by atoms with Crippen LogP contribution in [0.2, 0.25) is 0 Å². The Bertz CT molecular complexity index is 816. The molecule has 2 aromatic heterocycles. The first-order valence-corrected chi connectivity index (χ1v) is 7.74. The van der Waals surface area contributed by atoms with Crippen molar-refractivity contribution in [3.63, 3.8) is 0 Å². The van der Waals surface area contributed by atoms with Gasteiger partial charge in [-0.15, -0.1) is 11.3 Å². The summed E-state index contributed by atoms with van der Waals surface area (Å²) in [4.78, 5) is 13.6. The summed E-state index contributed by atoms with van der Waals surface area (Å²) in [5.74, 6) is 0.637. The van der Waals surface area contributed by atoms with Crippen LogP contribution in [0.25, 0.3) is 21.3 Å². The summed E-state index contributed by atoms with van der Waals surface area (Å²) in [7, 11) is 0. The van der Waals surface area contributed by atoms with Crippen LogP contribution in [-0.2, 0) is 6.54 Å². The van der Waals surface area contributed by atoms with Crippen LogP contribution in [0.1, 0.15) is 12.8 Å². The zero-order valence-corrected chi connectivity index (χ0v) is 11.8. The molecule has 2 heterocycles. The van der Waals surface area contributed by atoms with Gasteiger partial charge >= 0.3 is 0 Å². The van der Waals surface area contributed by atoms with E-state index < -0.39 is 0 Å². The molecule has 3 aromatic rings. The first-order chi connectivity index (χ1) is 9.83. The van der Waals surface area contributed by atoms with E-state index in [0.29, 0.717) is 5.92 Å². The molecule has 0 amide bonds. The zero-order valence-electron chi connectivity index (χ0n) is 11.0. The lowest BCUT2D eigenvalue weighted by atomic mass is 10.1. The van der Waals surface area contributed by atoms with E-state index in [2.05, 4.69) is 11.2 Å². The van der Waals surface area contributed by atoms with Crippen LogP contribution in [0, 0.1) is 5.92 Å². The molecule has 0 N–H and O–H groups in total. The highest BCUT2D eigenvalue weighted by molar-refractivity contribution is 7.13. The highest BCUT2D eigenvalue weighted by atomic mass is 32.1. The summed E-state index contributed by atoms with van der Waals surface area (Å²) in [5, 5.41) is 8.40. The molecule has 1 fully saturated rings. The van der Waals surface area contributed by atoms with Crippen molar-refractivity contribution in [1.29, 1.82) is 0 Å². The molecule has 1 aliphatic carbocycles. The summed E-state index contributed by atoms with van der Waals surface area (Å²) < 4.78 is 1.66. The molecule has 0 bridgehead atoms. The standard InChI is InChI=1S/C16H14N2OS/c19-16-13-5-2-1-4-12(13)15(14-6-3-9-20-14)17-18(16)10-11-7-8-11/h1-6,9,11H,7-8,10H2. The van der Waals surface area contributed by atoms with Gasteiger partial charge in [0.25, 0.3) is 5.56 Å². The van der Waals surface area contributed by atoms with Gasteiger partial charge in [0.2, 0.25) is 0 Å². The second kappa shape index (κ2) is 4.56. The van der Waals surface area contributed by atoms with E-state index in [1.807, 2.05) is 35.7 Å². The fraction of sp³-hybridized carbons (Fsp3) is 0.250. The lowest BCUT2D eigenvalue weighted by molar-refractivity contribution is 0.541. The molecule has 3 nitrogen and oxygen atoms in total. The smallest absolute Gasteiger partial charge is 0.267 e. The minimum absolute atomic E-state index is 0.0350. The number of hydrogen-bond donors (Lipinski definition) is 0.